The van der Waals surface area contributed by atoms with E-state index in [2.05, 4.69) is 16.0 Å². The van der Waals surface area contributed by atoms with Gasteiger partial charge in [0.25, 0.3) is 0 Å². The number of aryl methyl sites for hydroxylation is 1. The lowest BCUT2D eigenvalue weighted by Crippen LogP contribution is -2.48. The first kappa shape index (κ1) is 24.2. The predicted octanol–water partition coefficient (Wildman–Crippen LogP) is 6.71. The number of carbonyl (C=O) groups is 2. The van der Waals surface area contributed by atoms with E-state index in [4.69, 9.17) is 11.6 Å². The van der Waals surface area contributed by atoms with Crippen molar-refractivity contribution in [2.45, 2.75) is 31.8 Å². The van der Waals surface area contributed by atoms with Gasteiger partial charge in [0.2, 0.25) is 5.91 Å². The Bertz CT molecular complexity index is 1550. The molecule has 1 fully saturated rings. The number of rotatable bonds is 5. The number of fused-ring (bicyclic) bond motifs is 3. The number of aromatic nitrogens is 1. The molecule has 4 aromatic rings. The van der Waals surface area contributed by atoms with Crippen LogP contribution in [-0.4, -0.2) is 34.0 Å². The summed E-state index contributed by atoms with van der Waals surface area (Å²) in [6.45, 7) is 1.94. The average molecular weight is 529 g/mol. The van der Waals surface area contributed by atoms with Gasteiger partial charge in [-0.15, -0.1) is 0 Å². The fraction of sp³-hybridized carbons (Fsp3) is 0.200. The fourth-order valence-electron chi connectivity index (χ4n) is 5.16. The molecule has 1 aliphatic heterocycles. The number of nitrogens with zero attached hydrogens (tertiary/aromatic N) is 3. The van der Waals surface area contributed by atoms with Gasteiger partial charge < -0.3 is 14.8 Å². The number of nitrogens with one attached hydrogen (secondary N) is 1. The van der Waals surface area contributed by atoms with Crippen LogP contribution in [0.15, 0.2) is 85.1 Å². The Balaban J connectivity index is 1.35. The first-order chi connectivity index (χ1) is 18.4. The zero-order chi connectivity index (χ0) is 26.4. The second-order valence-electron chi connectivity index (χ2n) is 9.79. The van der Waals surface area contributed by atoms with E-state index in [-0.39, 0.29) is 29.6 Å². The van der Waals surface area contributed by atoms with Crippen molar-refractivity contribution in [1.82, 2.24) is 9.47 Å². The number of anilines is 2. The maximum atomic E-state index is 14.2. The third-order valence-corrected chi connectivity index (χ3v) is 7.36. The normalized spacial score (nSPS) is 16.0. The second kappa shape index (κ2) is 9.65. The van der Waals surface area contributed by atoms with Gasteiger partial charge in [0, 0.05) is 17.9 Å². The van der Waals surface area contributed by atoms with Crippen LogP contribution in [0.5, 0.6) is 0 Å². The highest BCUT2D eigenvalue weighted by molar-refractivity contribution is 6.31. The van der Waals surface area contributed by atoms with Crippen molar-refractivity contribution in [3.63, 3.8) is 0 Å². The van der Waals surface area contributed by atoms with Gasteiger partial charge in [-0.25, -0.2) is 9.18 Å². The molecule has 8 heteroatoms. The van der Waals surface area contributed by atoms with Crippen molar-refractivity contribution in [2.24, 2.45) is 0 Å². The molecule has 1 aromatic heterocycles. The van der Waals surface area contributed by atoms with E-state index in [1.165, 1.54) is 18.2 Å². The van der Waals surface area contributed by atoms with Gasteiger partial charge in [0.1, 0.15) is 18.4 Å². The van der Waals surface area contributed by atoms with E-state index in [1.807, 2.05) is 72.6 Å². The maximum absolute atomic E-state index is 14.2. The largest absolute Gasteiger partial charge is 0.322 e. The van der Waals surface area contributed by atoms with Crippen LogP contribution >= 0.6 is 11.6 Å². The number of benzene rings is 3. The van der Waals surface area contributed by atoms with E-state index in [0.29, 0.717) is 5.69 Å². The number of urea groups is 1. The molecule has 6 nitrogen and oxygen atoms in total. The van der Waals surface area contributed by atoms with Crippen LogP contribution in [0.4, 0.5) is 20.6 Å². The molecule has 1 N–H and O–H groups in total. The molecule has 0 bridgehead atoms. The van der Waals surface area contributed by atoms with Crippen molar-refractivity contribution in [1.29, 1.82) is 0 Å². The van der Waals surface area contributed by atoms with E-state index in [1.54, 1.807) is 4.90 Å². The molecule has 3 aromatic carbocycles. The van der Waals surface area contributed by atoms with Gasteiger partial charge in [-0.3, -0.25) is 9.69 Å². The highest BCUT2D eigenvalue weighted by Crippen LogP contribution is 2.42. The van der Waals surface area contributed by atoms with Crippen molar-refractivity contribution < 1.29 is 14.0 Å². The quantitative estimate of drug-likeness (QED) is 0.313. The molecule has 1 atom stereocenters. The Morgan fingerprint density at radius 1 is 1.00 bits per heavy atom. The standard InChI is InChI=1S/C30H26ClFN4O2/c1-19-6-4-7-20(16-19)29-27-10-5-15-34(27)25-8-2-3-9-26(25)36(29)28(37)18-35(22-12-13-22)30(38)33-21-11-14-24(32)23(31)17-21/h2-11,14-17,22,29H,12-13,18H2,1H3,(H,33,38). The number of hydrogen-bond donors (Lipinski definition) is 1. The minimum absolute atomic E-state index is 0.0313. The Morgan fingerprint density at radius 3 is 2.53 bits per heavy atom. The van der Waals surface area contributed by atoms with Crippen LogP contribution in [0.1, 0.15) is 35.7 Å². The fourth-order valence-corrected chi connectivity index (χ4v) is 5.34. The van der Waals surface area contributed by atoms with Gasteiger partial charge in [-0.2, -0.15) is 0 Å². The lowest BCUT2D eigenvalue weighted by Gasteiger charge is -2.39. The summed E-state index contributed by atoms with van der Waals surface area (Å²) < 4.78 is 15.7. The monoisotopic (exact) mass is 528 g/mol. The second-order valence-corrected chi connectivity index (χ2v) is 10.2. The van der Waals surface area contributed by atoms with Crippen molar-refractivity contribution in [3.8, 4) is 5.69 Å². The summed E-state index contributed by atoms with van der Waals surface area (Å²) in [6.07, 6.45) is 3.66. The summed E-state index contributed by atoms with van der Waals surface area (Å²) in [5.41, 5.74) is 5.15. The molecule has 3 amide bonds. The molecule has 0 radical (unpaired) electrons. The first-order valence-electron chi connectivity index (χ1n) is 12.6. The molecular formula is C30H26ClFN4O2. The number of hydrogen-bond acceptors (Lipinski definition) is 2. The van der Waals surface area contributed by atoms with Crippen LogP contribution in [0.25, 0.3) is 5.69 Å². The smallest absolute Gasteiger partial charge is 0.316 e. The average Bonchev–Trinajstić information content (AvgIpc) is 3.63. The van der Waals surface area contributed by atoms with E-state index < -0.39 is 11.8 Å². The summed E-state index contributed by atoms with van der Waals surface area (Å²) in [5.74, 6) is -0.745. The van der Waals surface area contributed by atoms with Crippen LogP contribution in [0.3, 0.4) is 0 Å². The molecule has 0 saturated heterocycles. The zero-order valence-corrected chi connectivity index (χ0v) is 21.5. The molecular weight excluding hydrogens is 503 g/mol. The molecule has 1 saturated carbocycles. The lowest BCUT2D eigenvalue weighted by molar-refractivity contribution is -0.119. The van der Waals surface area contributed by atoms with E-state index >= 15 is 0 Å². The van der Waals surface area contributed by atoms with Gasteiger partial charge >= 0.3 is 6.03 Å². The summed E-state index contributed by atoms with van der Waals surface area (Å²) in [6, 6.07) is 23.2. The molecule has 0 spiro atoms. The number of halogens is 2. The van der Waals surface area contributed by atoms with Crippen molar-refractivity contribution in [2.75, 3.05) is 16.8 Å². The number of amides is 3. The molecule has 192 valence electrons. The van der Waals surface area contributed by atoms with Gasteiger partial charge in [0.15, 0.2) is 0 Å². The van der Waals surface area contributed by atoms with Crippen LogP contribution < -0.4 is 10.2 Å². The van der Waals surface area contributed by atoms with Crippen LogP contribution in [0.2, 0.25) is 5.02 Å². The highest BCUT2D eigenvalue weighted by atomic mass is 35.5. The summed E-state index contributed by atoms with van der Waals surface area (Å²) in [5, 5.41) is 2.70. The van der Waals surface area contributed by atoms with Crippen molar-refractivity contribution >= 4 is 34.9 Å². The molecule has 1 aliphatic carbocycles. The third-order valence-electron chi connectivity index (χ3n) is 7.07. The third kappa shape index (κ3) is 4.43. The summed E-state index contributed by atoms with van der Waals surface area (Å²) in [7, 11) is 0. The van der Waals surface area contributed by atoms with Gasteiger partial charge in [0.05, 0.1) is 22.1 Å². The minimum Gasteiger partial charge on any atom is -0.316 e. The summed E-state index contributed by atoms with van der Waals surface area (Å²) >= 11 is 5.90. The lowest BCUT2D eigenvalue weighted by atomic mass is 9.96. The Morgan fingerprint density at radius 2 is 1.79 bits per heavy atom. The summed E-state index contributed by atoms with van der Waals surface area (Å²) in [4.78, 5) is 30.9. The maximum Gasteiger partial charge on any atom is 0.322 e. The zero-order valence-electron chi connectivity index (χ0n) is 20.8. The first-order valence-corrected chi connectivity index (χ1v) is 13.0. The SMILES string of the molecule is Cc1cccc(C2c3cccn3-c3ccccc3N2C(=O)CN(C(=O)Nc2ccc(F)c(Cl)c2)C2CC2)c1. The number of para-hydroxylation sites is 2. The minimum atomic E-state index is -0.561. The Labute approximate surface area is 225 Å². The van der Waals surface area contributed by atoms with E-state index in [0.717, 1.165) is 41.0 Å². The predicted molar refractivity (Wildman–Crippen MR) is 146 cm³/mol. The number of carbonyl (C=O) groups excluding carboxylic acids is 2. The molecule has 6 rings (SSSR count). The van der Waals surface area contributed by atoms with E-state index in [9.17, 15) is 14.0 Å². The van der Waals surface area contributed by atoms with Crippen LogP contribution in [0, 0.1) is 12.7 Å². The molecule has 1 unspecified atom stereocenters. The molecule has 38 heavy (non-hydrogen) atoms. The van der Waals surface area contributed by atoms with Gasteiger partial charge in [-0.1, -0.05) is 53.6 Å². The topological polar surface area (TPSA) is 57.6 Å². The van der Waals surface area contributed by atoms with Crippen molar-refractivity contribution in [3.05, 3.63) is 113 Å². The Kier molecular flexibility index (Phi) is 6.16. The Hall–Kier alpha value is -4.10. The molecule has 2 heterocycles. The van der Waals surface area contributed by atoms with Crippen LogP contribution in [-0.2, 0) is 4.79 Å². The molecule has 2 aliphatic rings. The van der Waals surface area contributed by atoms with Gasteiger partial charge in [-0.05, 0) is 67.8 Å². The highest BCUT2D eigenvalue weighted by Gasteiger charge is 2.40.